The van der Waals surface area contributed by atoms with Gasteiger partial charge in [0.1, 0.15) is 5.75 Å². The van der Waals surface area contributed by atoms with Crippen molar-refractivity contribution >= 4 is 11.7 Å². The maximum atomic E-state index is 13.1. The van der Waals surface area contributed by atoms with Crippen LogP contribution in [0.4, 0.5) is 0 Å². The molecule has 0 saturated carbocycles. The van der Waals surface area contributed by atoms with Gasteiger partial charge in [0.15, 0.2) is 5.78 Å². The third-order valence-electron chi connectivity index (χ3n) is 5.09. The molecule has 1 aliphatic carbocycles. The van der Waals surface area contributed by atoms with Crippen LogP contribution in [0, 0.1) is 0 Å². The highest BCUT2D eigenvalue weighted by Gasteiger charge is 2.74. The van der Waals surface area contributed by atoms with Crippen molar-refractivity contribution in [1.82, 2.24) is 0 Å². The van der Waals surface area contributed by atoms with Crippen molar-refractivity contribution in [3.63, 3.8) is 0 Å². The monoisotopic (exact) mass is 323 g/mol. The summed E-state index contributed by atoms with van der Waals surface area (Å²) in [6.45, 7) is 4.05. The Morgan fingerprint density at radius 2 is 1.88 bits per heavy atom. The molecule has 0 aromatic heterocycles. The number of fused-ring (bicyclic) bond motifs is 5. The molecule has 2 aliphatic rings. The summed E-state index contributed by atoms with van der Waals surface area (Å²) in [5.41, 5.74) is 5.54. The van der Waals surface area contributed by atoms with E-state index in [-0.39, 0.29) is 17.0 Å². The number of aliphatic hydroxyl groups is 1. The van der Waals surface area contributed by atoms with Crippen LogP contribution >= 0.6 is 0 Å². The Bertz CT molecular complexity index is 904. The van der Waals surface area contributed by atoms with E-state index in [9.17, 15) is 14.7 Å². The van der Waals surface area contributed by atoms with Crippen LogP contribution in [0.15, 0.2) is 42.5 Å². The molecule has 5 heteroatoms. The molecule has 5 nitrogen and oxygen atoms in total. The second-order valence-electron chi connectivity index (χ2n) is 6.65. The molecule has 2 atom stereocenters. The summed E-state index contributed by atoms with van der Waals surface area (Å²) in [7, 11) is 0. The summed E-state index contributed by atoms with van der Waals surface area (Å²) in [6.07, 6.45) is 0. The molecular formula is C19H17NO4. The first-order chi connectivity index (χ1) is 11.3. The minimum atomic E-state index is -2.11. The molecule has 1 heterocycles. The second kappa shape index (κ2) is 4.45. The van der Waals surface area contributed by atoms with Crippen LogP contribution in [0.1, 0.15) is 46.8 Å². The normalized spacial score (nSPS) is 26.8. The third kappa shape index (κ3) is 1.43. The fourth-order valence-corrected chi connectivity index (χ4v) is 3.83. The number of Topliss-reactive ketones (excluding diaryl/α,β-unsaturated/α-hetero) is 1. The molecule has 2 unspecified atom stereocenters. The van der Waals surface area contributed by atoms with Gasteiger partial charge in [-0.15, -0.1) is 0 Å². The smallest absolute Gasteiger partial charge is 0.262 e. The Balaban J connectivity index is 2.05. The molecular weight excluding hydrogens is 306 g/mol. The molecule has 1 aliphatic heterocycles. The van der Waals surface area contributed by atoms with Gasteiger partial charge in [0.2, 0.25) is 11.3 Å². The van der Waals surface area contributed by atoms with E-state index in [2.05, 4.69) is 0 Å². The molecule has 3 N–H and O–H groups in total. The summed E-state index contributed by atoms with van der Waals surface area (Å²) >= 11 is 0. The fourth-order valence-electron chi connectivity index (χ4n) is 3.83. The Morgan fingerprint density at radius 3 is 2.54 bits per heavy atom. The molecule has 0 fully saturated rings. The van der Waals surface area contributed by atoms with Crippen molar-refractivity contribution < 1.29 is 19.4 Å². The summed E-state index contributed by atoms with van der Waals surface area (Å²) in [5, 5.41) is 11.3. The maximum absolute atomic E-state index is 13.1. The number of amides is 1. The number of hydrogen-bond donors (Lipinski definition) is 2. The lowest BCUT2D eigenvalue weighted by Gasteiger charge is -2.30. The van der Waals surface area contributed by atoms with Gasteiger partial charge < -0.3 is 15.6 Å². The van der Waals surface area contributed by atoms with Gasteiger partial charge in [-0.1, -0.05) is 50.2 Å². The van der Waals surface area contributed by atoms with Gasteiger partial charge in [-0.3, -0.25) is 9.59 Å². The van der Waals surface area contributed by atoms with Crippen LogP contribution in [0.5, 0.6) is 5.75 Å². The van der Waals surface area contributed by atoms with Crippen molar-refractivity contribution in [2.75, 3.05) is 0 Å². The molecule has 1 amide bonds. The van der Waals surface area contributed by atoms with Gasteiger partial charge in [0.25, 0.3) is 5.79 Å². The van der Waals surface area contributed by atoms with Crippen LogP contribution in [-0.4, -0.2) is 16.8 Å². The largest absolute Gasteiger partial charge is 0.456 e. The summed E-state index contributed by atoms with van der Waals surface area (Å²) < 4.78 is 5.80. The van der Waals surface area contributed by atoms with E-state index in [0.717, 1.165) is 5.56 Å². The van der Waals surface area contributed by atoms with Crippen LogP contribution < -0.4 is 10.5 Å². The lowest BCUT2D eigenvalue weighted by molar-refractivity contribution is -0.172. The first kappa shape index (κ1) is 14.9. The Hall–Kier alpha value is -2.66. The molecule has 122 valence electrons. The van der Waals surface area contributed by atoms with Gasteiger partial charge in [0.05, 0.1) is 0 Å². The molecule has 0 spiro atoms. The third-order valence-corrected chi connectivity index (χ3v) is 5.09. The molecule has 0 saturated heterocycles. The van der Waals surface area contributed by atoms with Crippen LogP contribution in [-0.2, 0) is 16.0 Å². The predicted molar refractivity (Wildman–Crippen MR) is 86.7 cm³/mol. The number of ether oxygens (including phenoxy) is 1. The molecule has 24 heavy (non-hydrogen) atoms. The lowest BCUT2D eigenvalue weighted by Crippen LogP contribution is -2.57. The lowest BCUT2D eigenvalue weighted by atomic mass is 9.73. The standard InChI is InChI=1S/C19H17NO4/c1-10(2)11-7-8-14-15(9-11)24-19(23)13-6-4-3-5-12(13)16(21)18(14,19)17(20)22/h3-10,23H,1-2H3,(H2,20,22). The zero-order valence-electron chi connectivity index (χ0n) is 13.4. The van der Waals surface area contributed by atoms with Crippen molar-refractivity contribution in [2.45, 2.75) is 31.0 Å². The van der Waals surface area contributed by atoms with Crippen molar-refractivity contribution in [3.05, 3.63) is 64.7 Å². The van der Waals surface area contributed by atoms with E-state index in [4.69, 9.17) is 10.5 Å². The molecule has 0 bridgehead atoms. The fraction of sp³-hybridized carbons (Fsp3) is 0.263. The highest BCUT2D eigenvalue weighted by Crippen LogP contribution is 2.59. The zero-order chi connectivity index (χ0) is 17.3. The highest BCUT2D eigenvalue weighted by atomic mass is 16.6. The minimum Gasteiger partial charge on any atom is -0.456 e. The van der Waals surface area contributed by atoms with Crippen LogP contribution in [0.2, 0.25) is 0 Å². The Morgan fingerprint density at radius 1 is 1.17 bits per heavy atom. The van der Waals surface area contributed by atoms with E-state index in [1.165, 1.54) is 0 Å². The van der Waals surface area contributed by atoms with E-state index in [0.29, 0.717) is 11.3 Å². The van der Waals surface area contributed by atoms with Gasteiger partial charge in [0, 0.05) is 16.7 Å². The number of benzene rings is 2. The number of nitrogens with two attached hydrogens (primary N) is 1. The van der Waals surface area contributed by atoms with Gasteiger partial charge in [-0.05, 0) is 17.5 Å². The van der Waals surface area contributed by atoms with Crippen molar-refractivity contribution in [2.24, 2.45) is 5.73 Å². The Labute approximate surface area is 139 Å². The van der Waals surface area contributed by atoms with Crippen LogP contribution in [0.25, 0.3) is 0 Å². The van der Waals surface area contributed by atoms with Gasteiger partial charge >= 0.3 is 0 Å². The number of carbonyl (C=O) groups is 2. The molecule has 2 aromatic carbocycles. The number of rotatable bonds is 2. The SMILES string of the molecule is CC(C)c1ccc2c(c1)OC1(O)c3ccccc3C(=O)C21C(N)=O. The van der Waals surface area contributed by atoms with Crippen molar-refractivity contribution in [1.29, 1.82) is 0 Å². The van der Waals surface area contributed by atoms with Crippen molar-refractivity contribution in [3.8, 4) is 5.75 Å². The maximum Gasteiger partial charge on any atom is 0.262 e. The number of ketones is 1. The van der Waals surface area contributed by atoms with Crippen LogP contribution in [0.3, 0.4) is 0 Å². The molecule has 2 aromatic rings. The number of hydrogen-bond acceptors (Lipinski definition) is 4. The van der Waals surface area contributed by atoms with E-state index < -0.39 is 22.9 Å². The van der Waals surface area contributed by atoms with Gasteiger partial charge in [-0.2, -0.15) is 0 Å². The number of primary amides is 1. The summed E-state index contributed by atoms with van der Waals surface area (Å²) in [4.78, 5) is 25.5. The summed E-state index contributed by atoms with van der Waals surface area (Å²) in [5.74, 6) is -2.98. The number of carbonyl (C=O) groups excluding carboxylic acids is 2. The highest BCUT2D eigenvalue weighted by molar-refractivity contribution is 6.23. The molecule has 0 radical (unpaired) electrons. The second-order valence-corrected chi connectivity index (χ2v) is 6.65. The summed E-state index contributed by atoms with van der Waals surface area (Å²) in [6, 6.07) is 11.8. The quantitative estimate of drug-likeness (QED) is 0.827. The predicted octanol–water partition coefficient (Wildman–Crippen LogP) is 1.97. The first-order valence-electron chi connectivity index (χ1n) is 7.84. The molecule has 4 rings (SSSR count). The van der Waals surface area contributed by atoms with E-state index in [1.807, 2.05) is 19.9 Å². The first-order valence-corrected chi connectivity index (χ1v) is 7.84. The van der Waals surface area contributed by atoms with Gasteiger partial charge in [-0.25, -0.2) is 0 Å². The topological polar surface area (TPSA) is 89.6 Å². The average molecular weight is 323 g/mol. The zero-order valence-corrected chi connectivity index (χ0v) is 13.4. The Kier molecular flexibility index (Phi) is 2.76. The minimum absolute atomic E-state index is 0.237. The van der Waals surface area contributed by atoms with E-state index in [1.54, 1.807) is 36.4 Å². The van der Waals surface area contributed by atoms with E-state index >= 15 is 0 Å². The average Bonchev–Trinajstić information content (AvgIpc) is 2.92.